The van der Waals surface area contributed by atoms with E-state index in [0.29, 0.717) is 45.5 Å². The zero-order valence-corrected chi connectivity index (χ0v) is 59.1. The Kier molecular flexibility index (Phi) is 29.9. The smallest absolute Gasteiger partial charge is 0.326 e. The highest BCUT2D eigenvalue weighted by Gasteiger charge is 2.43. The number of nitrogens with two attached hydrogens (primary N) is 3. The number of para-hydroxylation sites is 1. The van der Waals surface area contributed by atoms with E-state index in [4.69, 9.17) is 17.2 Å². The van der Waals surface area contributed by atoms with Gasteiger partial charge in [-0.05, 0) is 68.1 Å². The molecular formula is C69H94N22O16. The molecule has 2 fully saturated rings. The molecule has 2 aliphatic rings. The number of nitrogens with one attached hydrogen (secondary N) is 13. The van der Waals surface area contributed by atoms with Crippen LogP contribution in [0.1, 0.15) is 87.0 Å². The number of benzene rings is 2. The monoisotopic (exact) mass is 1490 g/mol. The summed E-state index contributed by atoms with van der Waals surface area (Å²) in [6, 6.07) is -1.69. The third-order valence-electron chi connectivity index (χ3n) is 18.2. The number of aliphatic imine (C=N–C) groups is 1. The maximum Gasteiger partial charge on any atom is 0.326 e. The Hall–Kier alpha value is -11.6. The molecule has 6 aromatic rings. The van der Waals surface area contributed by atoms with Crippen LogP contribution < -0.4 is 65.1 Å². The fraction of sp³-hybridized carbons (Fsp3) is 0.478. The average molecular weight is 1490 g/mol. The van der Waals surface area contributed by atoms with E-state index < -0.39 is 163 Å². The van der Waals surface area contributed by atoms with Gasteiger partial charge in [-0.1, -0.05) is 62.4 Å². The number of fused-ring (bicyclic) bond motifs is 1. The summed E-state index contributed by atoms with van der Waals surface area (Å²) in [5, 5.41) is 65.1. The highest BCUT2D eigenvalue weighted by Crippen LogP contribution is 2.24. The van der Waals surface area contributed by atoms with Crippen molar-refractivity contribution < 1.29 is 78.0 Å². The van der Waals surface area contributed by atoms with E-state index in [9.17, 15) is 68.4 Å². The lowest BCUT2D eigenvalue weighted by molar-refractivity contribution is -0.146. The molecule has 2 aromatic carbocycles. The van der Waals surface area contributed by atoms with Gasteiger partial charge in [0.25, 0.3) is 0 Å². The number of H-pyrrole nitrogens is 4. The van der Waals surface area contributed by atoms with Gasteiger partial charge in [-0.15, -0.1) is 0 Å². The lowest BCUT2D eigenvalue weighted by Gasteiger charge is -2.31. The van der Waals surface area contributed by atoms with Crippen LogP contribution in [0.3, 0.4) is 0 Å². The number of aliphatic hydroxyl groups is 3. The van der Waals surface area contributed by atoms with Crippen molar-refractivity contribution in [2.45, 2.75) is 163 Å². The maximum absolute atomic E-state index is 15.0. The molecule has 0 aliphatic carbocycles. The van der Waals surface area contributed by atoms with E-state index in [1.807, 2.05) is 6.07 Å². The molecule has 8 rings (SSSR count). The quantitative estimate of drug-likeness (QED) is 0.00970. The van der Waals surface area contributed by atoms with Crippen LogP contribution >= 0.6 is 0 Å². The third kappa shape index (κ3) is 23.2. The highest BCUT2D eigenvalue weighted by atomic mass is 16.4. The minimum atomic E-state index is -1.77. The Bertz CT molecular complexity index is 4020. The number of imidazole rings is 3. The third-order valence-corrected chi connectivity index (χ3v) is 18.2. The van der Waals surface area contributed by atoms with Gasteiger partial charge in [-0.2, -0.15) is 0 Å². The van der Waals surface area contributed by atoms with Gasteiger partial charge in [0.2, 0.25) is 65.0 Å². The standard InChI is InChI=1S/C69H94N22O16/c1-37(2)21-52(68(106)107)87-65(103)56-17-10-20-91(56)66(104)53(32-93)88-58(96)46(15-8-18-76-69(71)72)81-64(102)55-16-9-19-90(55)67(105)54(33-94)89-63(101)51(26-42-30-75-36-80-42)86-62(100)50(25-41-29-74-35-79-41)85-61(99)49(24-40-28-73-34-78-40)84-60(98)48(23-39-27-77-45-14-7-6-13-43(39)45)83-59(97)47(82-57(95)44(70)31-92)22-38-11-4-3-5-12-38/h3-7,11-14,27-30,34-37,44,46-56,77,92-94H,8-10,15-26,31-33,70H2,1-2H3,(H,73,78)(H,74,79)(H,75,80)(H,81,102)(H,82,95)(H,83,97)(H,84,98)(H,85,99)(H,86,100)(H,87,103)(H,88,96)(H,89,101)(H,106,107)(H4,71,72,76)/t44-,46-,47-,48-,49-,50-,51-,52-,53-,54-,55-,56-/m0/s1. The maximum atomic E-state index is 15.0. The van der Waals surface area contributed by atoms with Crippen LogP contribution in [0.25, 0.3) is 10.9 Å². The second-order valence-corrected chi connectivity index (χ2v) is 26.6. The van der Waals surface area contributed by atoms with Crippen molar-refractivity contribution in [3.05, 3.63) is 127 Å². The summed E-state index contributed by atoms with van der Waals surface area (Å²) in [5.41, 5.74) is 19.8. The van der Waals surface area contributed by atoms with Gasteiger partial charge in [0, 0.05) is 105 Å². The summed E-state index contributed by atoms with van der Waals surface area (Å²) in [6.45, 7) is 0.769. The molecule has 0 radical (unpaired) electrons. The van der Waals surface area contributed by atoms with Crippen molar-refractivity contribution in [3.63, 3.8) is 0 Å². The van der Waals surface area contributed by atoms with Gasteiger partial charge < -0.3 is 115 Å². The van der Waals surface area contributed by atoms with Crippen molar-refractivity contribution in [2.75, 3.05) is 39.5 Å². The molecule has 6 heterocycles. The molecule has 0 saturated carbocycles. The van der Waals surface area contributed by atoms with Gasteiger partial charge in [-0.25, -0.2) is 19.7 Å². The summed E-state index contributed by atoms with van der Waals surface area (Å²) >= 11 is 0. The van der Waals surface area contributed by atoms with Crippen LogP contribution in [-0.2, 0) is 89.6 Å². The van der Waals surface area contributed by atoms with Crippen molar-refractivity contribution >= 4 is 87.8 Å². The number of aromatic amines is 4. The Morgan fingerprint density at radius 2 is 0.935 bits per heavy atom. The number of carboxylic acid groups (broad SMARTS) is 1. The van der Waals surface area contributed by atoms with Crippen LogP contribution in [0.4, 0.5) is 0 Å². The number of amides is 11. The summed E-state index contributed by atoms with van der Waals surface area (Å²) in [6.07, 6.45) is 9.39. The second-order valence-electron chi connectivity index (χ2n) is 26.6. The number of carboxylic acids is 1. The molecule has 2 saturated heterocycles. The lowest BCUT2D eigenvalue weighted by atomic mass is 10.0. The zero-order valence-electron chi connectivity index (χ0n) is 59.1. The van der Waals surface area contributed by atoms with Crippen molar-refractivity contribution in [2.24, 2.45) is 28.1 Å². The molecule has 107 heavy (non-hydrogen) atoms. The number of hydrogen-bond donors (Lipinski definition) is 20. The fourth-order valence-electron chi connectivity index (χ4n) is 12.6. The van der Waals surface area contributed by atoms with E-state index in [-0.39, 0.29) is 102 Å². The zero-order chi connectivity index (χ0) is 77.3. The number of nitrogens with zero attached hydrogens (tertiary/aromatic N) is 6. The normalized spacial score (nSPS) is 17.0. The van der Waals surface area contributed by atoms with E-state index in [0.717, 1.165) is 9.80 Å². The molecule has 2 aliphatic heterocycles. The predicted molar refractivity (Wildman–Crippen MR) is 382 cm³/mol. The predicted octanol–water partition coefficient (Wildman–Crippen LogP) is -5.32. The minimum Gasteiger partial charge on any atom is -0.480 e. The first-order chi connectivity index (χ1) is 51.3. The SMILES string of the molecule is CC(C)C[C@H](NC(=O)[C@@H]1CCCN1C(=O)[C@H](CO)NC(=O)[C@H](CCCN=C(N)N)NC(=O)[C@@H]1CCCN1C(=O)[C@H](CO)NC(=O)[C@H](Cc1cnc[nH]1)NC(=O)[C@H](Cc1cnc[nH]1)NC(=O)[C@H](Cc1cnc[nH]1)NC(=O)[C@H](Cc1c[nH]c2ccccc12)NC(=O)[C@H](Cc1ccccc1)NC(=O)[C@@H](N)CO)C(=O)O. The molecule has 38 nitrogen and oxygen atoms in total. The Morgan fingerprint density at radius 3 is 1.36 bits per heavy atom. The number of aromatic nitrogens is 7. The van der Waals surface area contributed by atoms with E-state index in [1.165, 1.54) is 37.6 Å². The van der Waals surface area contributed by atoms with Crippen LogP contribution in [0.2, 0.25) is 0 Å². The lowest BCUT2D eigenvalue weighted by Crippen LogP contribution is -2.62. The van der Waals surface area contributed by atoms with Gasteiger partial charge in [-0.3, -0.25) is 57.7 Å². The first-order valence-corrected chi connectivity index (χ1v) is 35.1. The van der Waals surface area contributed by atoms with E-state index >= 15 is 9.59 Å². The summed E-state index contributed by atoms with van der Waals surface area (Å²) in [7, 11) is 0. The molecule has 0 bridgehead atoms. The van der Waals surface area contributed by atoms with Crippen LogP contribution in [-0.4, -0.2) is 254 Å². The van der Waals surface area contributed by atoms with Crippen molar-refractivity contribution in [3.8, 4) is 0 Å². The van der Waals surface area contributed by atoms with E-state index in [2.05, 4.69) is 87.7 Å². The van der Waals surface area contributed by atoms with Gasteiger partial charge in [0.05, 0.1) is 38.8 Å². The molecule has 11 amide bonds. The fourth-order valence-corrected chi connectivity index (χ4v) is 12.6. The molecule has 576 valence electrons. The number of carbonyl (C=O) groups is 12. The number of rotatable bonds is 40. The van der Waals surface area contributed by atoms with Crippen LogP contribution in [0, 0.1) is 5.92 Å². The number of guanidine groups is 1. The van der Waals surface area contributed by atoms with Gasteiger partial charge >= 0.3 is 5.97 Å². The number of hydrogen-bond acceptors (Lipinski definition) is 20. The molecule has 12 atom stereocenters. The topological polar surface area (TPSA) is 593 Å². The number of carbonyl (C=O) groups excluding carboxylic acids is 11. The van der Waals surface area contributed by atoms with Crippen molar-refractivity contribution in [1.29, 1.82) is 0 Å². The Balaban J connectivity index is 0.988. The first-order valence-electron chi connectivity index (χ1n) is 35.1. The number of aliphatic hydroxyl groups excluding tert-OH is 3. The molecule has 4 aromatic heterocycles. The van der Waals surface area contributed by atoms with Crippen molar-refractivity contribution in [1.82, 2.24) is 92.5 Å². The molecule has 0 unspecified atom stereocenters. The summed E-state index contributed by atoms with van der Waals surface area (Å²) < 4.78 is 0. The Labute approximate surface area is 613 Å². The van der Waals surface area contributed by atoms with Crippen LogP contribution in [0.5, 0.6) is 0 Å². The number of aliphatic carboxylic acids is 1. The van der Waals surface area contributed by atoms with Crippen LogP contribution in [0.15, 0.2) is 103 Å². The molecule has 38 heteroatoms. The average Bonchev–Trinajstić information content (AvgIpc) is 1.76. The molecular weight excluding hydrogens is 1390 g/mol. The first kappa shape index (κ1) is 81.0. The van der Waals surface area contributed by atoms with E-state index in [1.54, 1.807) is 68.6 Å². The van der Waals surface area contributed by atoms with Gasteiger partial charge in [0.1, 0.15) is 72.5 Å². The summed E-state index contributed by atoms with van der Waals surface area (Å²) in [5.74, 6) is -11.5. The largest absolute Gasteiger partial charge is 0.480 e. The van der Waals surface area contributed by atoms with Gasteiger partial charge in [0.15, 0.2) is 5.96 Å². The molecule has 0 spiro atoms. The minimum absolute atomic E-state index is 0.0189. The summed E-state index contributed by atoms with van der Waals surface area (Å²) in [4.78, 5) is 200. The second kappa shape index (κ2) is 39.5. The Morgan fingerprint density at radius 1 is 0.514 bits per heavy atom. The molecule has 23 N–H and O–H groups in total. The highest BCUT2D eigenvalue weighted by molar-refractivity contribution is 6.00. The number of likely N-dealkylation sites (tertiary alicyclic amines) is 2.